The van der Waals surface area contributed by atoms with Crippen LogP contribution in [0.2, 0.25) is 0 Å². The van der Waals surface area contributed by atoms with Crippen LogP contribution in [0, 0.1) is 0 Å². The summed E-state index contributed by atoms with van der Waals surface area (Å²) in [7, 11) is 5.32. The molecule has 0 saturated heterocycles. The maximum atomic E-state index is 5.46. The summed E-state index contributed by atoms with van der Waals surface area (Å²) in [5.41, 5.74) is 0.938. The Labute approximate surface area is 103 Å². The molecule has 1 unspecified atom stereocenters. The largest absolute Gasteiger partial charge is 0.495 e. The molecule has 0 aliphatic rings. The number of hydrogen-bond donors (Lipinski definition) is 1. The lowest BCUT2D eigenvalue weighted by Crippen LogP contribution is -2.30. The molecule has 17 heavy (non-hydrogen) atoms. The van der Waals surface area contributed by atoms with E-state index < -0.39 is 0 Å². The van der Waals surface area contributed by atoms with Gasteiger partial charge >= 0.3 is 0 Å². The van der Waals surface area contributed by atoms with Crippen LogP contribution in [-0.2, 0) is 4.74 Å². The fraction of sp³-hybridized carbons (Fsp3) is 0.615. The van der Waals surface area contributed by atoms with Gasteiger partial charge in [-0.15, -0.1) is 0 Å². The van der Waals surface area contributed by atoms with Gasteiger partial charge in [-0.2, -0.15) is 0 Å². The minimum Gasteiger partial charge on any atom is -0.495 e. The van der Waals surface area contributed by atoms with Gasteiger partial charge in [-0.1, -0.05) is 0 Å². The number of hydrogen-bond acceptors (Lipinski definition) is 4. The number of pyridine rings is 1. The average molecular weight is 238 g/mol. The SMILES string of the molecule is CNC(CC(C)(C)OC)c1cncc(OC)c1. The first kappa shape index (κ1) is 13.9. The molecule has 0 amide bonds. The van der Waals surface area contributed by atoms with Gasteiger partial charge in [-0.3, -0.25) is 4.98 Å². The second kappa shape index (κ2) is 5.98. The molecule has 0 aromatic carbocycles. The Morgan fingerprint density at radius 1 is 1.35 bits per heavy atom. The molecule has 0 radical (unpaired) electrons. The smallest absolute Gasteiger partial charge is 0.137 e. The molecule has 1 rings (SSSR count). The summed E-state index contributed by atoms with van der Waals surface area (Å²) in [5.74, 6) is 0.776. The zero-order chi connectivity index (χ0) is 12.9. The monoisotopic (exact) mass is 238 g/mol. The van der Waals surface area contributed by atoms with Crippen LogP contribution >= 0.6 is 0 Å². The number of methoxy groups -OCH3 is 2. The Morgan fingerprint density at radius 2 is 2.06 bits per heavy atom. The molecule has 96 valence electrons. The minimum atomic E-state index is -0.170. The number of ether oxygens (including phenoxy) is 2. The van der Waals surface area contributed by atoms with E-state index >= 15 is 0 Å². The molecule has 0 bridgehead atoms. The highest BCUT2D eigenvalue weighted by Gasteiger charge is 2.23. The van der Waals surface area contributed by atoms with Crippen molar-refractivity contribution in [3.8, 4) is 5.75 Å². The van der Waals surface area contributed by atoms with Crippen molar-refractivity contribution in [1.29, 1.82) is 0 Å². The van der Waals surface area contributed by atoms with E-state index in [0.29, 0.717) is 0 Å². The van der Waals surface area contributed by atoms with Crippen molar-refractivity contribution in [1.82, 2.24) is 10.3 Å². The lowest BCUT2D eigenvalue weighted by Gasteiger charge is -2.28. The van der Waals surface area contributed by atoms with Crippen molar-refractivity contribution in [2.45, 2.75) is 31.9 Å². The van der Waals surface area contributed by atoms with Gasteiger partial charge in [0.05, 0.1) is 18.9 Å². The highest BCUT2D eigenvalue weighted by Crippen LogP contribution is 2.26. The van der Waals surface area contributed by atoms with E-state index in [1.54, 1.807) is 20.4 Å². The summed E-state index contributed by atoms with van der Waals surface area (Å²) in [6.45, 7) is 4.15. The molecular weight excluding hydrogens is 216 g/mol. The van der Waals surface area contributed by atoms with E-state index in [9.17, 15) is 0 Å². The normalized spacial score (nSPS) is 13.5. The van der Waals surface area contributed by atoms with Crippen LogP contribution in [-0.4, -0.2) is 31.9 Å². The summed E-state index contributed by atoms with van der Waals surface area (Å²) in [5, 5.41) is 3.28. The first-order valence-corrected chi connectivity index (χ1v) is 5.73. The van der Waals surface area contributed by atoms with Crippen molar-refractivity contribution < 1.29 is 9.47 Å². The first-order chi connectivity index (χ1) is 8.02. The van der Waals surface area contributed by atoms with Gasteiger partial charge in [-0.05, 0) is 38.9 Å². The lowest BCUT2D eigenvalue weighted by molar-refractivity contribution is 0.00740. The van der Waals surface area contributed by atoms with Gasteiger partial charge in [0.25, 0.3) is 0 Å². The van der Waals surface area contributed by atoms with Crippen LogP contribution in [0.3, 0.4) is 0 Å². The fourth-order valence-corrected chi connectivity index (χ4v) is 1.70. The predicted octanol–water partition coefficient (Wildman–Crippen LogP) is 2.17. The Bertz CT molecular complexity index is 353. The maximum Gasteiger partial charge on any atom is 0.137 e. The zero-order valence-electron chi connectivity index (χ0n) is 11.3. The van der Waals surface area contributed by atoms with Gasteiger partial charge in [0.2, 0.25) is 0 Å². The predicted molar refractivity (Wildman–Crippen MR) is 68.3 cm³/mol. The van der Waals surface area contributed by atoms with Crippen molar-refractivity contribution in [3.63, 3.8) is 0 Å². The maximum absolute atomic E-state index is 5.46. The highest BCUT2D eigenvalue weighted by atomic mass is 16.5. The van der Waals surface area contributed by atoms with E-state index in [1.165, 1.54) is 0 Å². The van der Waals surface area contributed by atoms with Crippen molar-refractivity contribution in [2.75, 3.05) is 21.3 Å². The standard InChI is InChI=1S/C13H22N2O2/c1-13(2,17-5)7-12(14-3)10-6-11(16-4)9-15-8-10/h6,8-9,12,14H,7H2,1-5H3. The van der Waals surface area contributed by atoms with Crippen LogP contribution in [0.5, 0.6) is 5.75 Å². The van der Waals surface area contributed by atoms with Gasteiger partial charge in [0, 0.05) is 19.3 Å². The second-order valence-electron chi connectivity index (χ2n) is 4.67. The minimum absolute atomic E-state index is 0.170. The molecule has 1 atom stereocenters. The average Bonchev–Trinajstić information content (AvgIpc) is 2.36. The molecule has 4 heteroatoms. The Hall–Kier alpha value is -1.13. The molecular formula is C13H22N2O2. The quantitative estimate of drug-likeness (QED) is 0.825. The molecule has 0 aliphatic heterocycles. The summed E-state index contributed by atoms with van der Waals surface area (Å²) >= 11 is 0. The molecule has 1 aromatic heterocycles. The third kappa shape index (κ3) is 3.98. The van der Waals surface area contributed by atoms with Gasteiger partial charge in [0.1, 0.15) is 5.75 Å². The Balaban J connectivity index is 2.86. The van der Waals surface area contributed by atoms with Crippen molar-refractivity contribution >= 4 is 0 Å². The molecule has 0 aliphatic carbocycles. The summed E-state index contributed by atoms with van der Waals surface area (Å²) < 4.78 is 10.6. The van der Waals surface area contributed by atoms with Crippen LogP contribution in [0.25, 0.3) is 0 Å². The van der Waals surface area contributed by atoms with Crippen LogP contribution < -0.4 is 10.1 Å². The third-order valence-electron chi connectivity index (χ3n) is 2.97. The number of aromatic nitrogens is 1. The van der Waals surface area contributed by atoms with Gasteiger partial charge in [0.15, 0.2) is 0 Å². The van der Waals surface area contributed by atoms with Gasteiger partial charge in [-0.25, -0.2) is 0 Å². The van der Waals surface area contributed by atoms with E-state index in [0.717, 1.165) is 17.7 Å². The molecule has 1 aromatic rings. The number of nitrogens with one attached hydrogen (secondary N) is 1. The fourth-order valence-electron chi connectivity index (χ4n) is 1.70. The lowest BCUT2D eigenvalue weighted by atomic mass is 9.94. The molecule has 0 spiro atoms. The Kier molecular flexibility index (Phi) is 4.90. The molecule has 1 N–H and O–H groups in total. The third-order valence-corrected chi connectivity index (χ3v) is 2.97. The van der Waals surface area contributed by atoms with E-state index in [2.05, 4.69) is 24.1 Å². The van der Waals surface area contributed by atoms with Crippen LogP contribution in [0.15, 0.2) is 18.5 Å². The van der Waals surface area contributed by atoms with Crippen LogP contribution in [0.4, 0.5) is 0 Å². The Morgan fingerprint density at radius 3 is 2.59 bits per heavy atom. The molecule has 1 heterocycles. The molecule has 0 saturated carbocycles. The zero-order valence-corrected chi connectivity index (χ0v) is 11.3. The van der Waals surface area contributed by atoms with E-state index in [1.807, 2.05) is 19.3 Å². The molecule has 0 fully saturated rings. The summed E-state index contributed by atoms with van der Waals surface area (Å²) in [6, 6.07) is 2.20. The molecule has 4 nitrogen and oxygen atoms in total. The summed E-state index contributed by atoms with van der Waals surface area (Å²) in [4.78, 5) is 4.17. The van der Waals surface area contributed by atoms with E-state index in [4.69, 9.17) is 9.47 Å². The van der Waals surface area contributed by atoms with Crippen LogP contribution in [0.1, 0.15) is 31.9 Å². The first-order valence-electron chi connectivity index (χ1n) is 5.73. The summed E-state index contributed by atoms with van der Waals surface area (Å²) in [6.07, 6.45) is 4.43. The topological polar surface area (TPSA) is 43.4 Å². The highest BCUT2D eigenvalue weighted by molar-refractivity contribution is 5.26. The number of rotatable bonds is 6. The van der Waals surface area contributed by atoms with Crippen molar-refractivity contribution in [3.05, 3.63) is 24.0 Å². The second-order valence-corrected chi connectivity index (χ2v) is 4.67. The number of nitrogens with zero attached hydrogens (tertiary/aromatic N) is 1. The van der Waals surface area contributed by atoms with Crippen molar-refractivity contribution in [2.24, 2.45) is 0 Å². The van der Waals surface area contributed by atoms with E-state index in [-0.39, 0.29) is 11.6 Å². The van der Waals surface area contributed by atoms with Gasteiger partial charge < -0.3 is 14.8 Å².